The Balaban J connectivity index is 1.31. The second-order valence-electron chi connectivity index (χ2n) is 13.3. The number of carbonyl (C=O) groups excluding carboxylic acids is 2. The Morgan fingerprint density at radius 2 is 1.69 bits per heavy atom. The zero-order chi connectivity index (χ0) is 32.4. The van der Waals surface area contributed by atoms with Crippen LogP contribution in [-0.2, 0) is 16.1 Å². The van der Waals surface area contributed by atoms with Gasteiger partial charge in [-0.05, 0) is 97.8 Å². The van der Waals surface area contributed by atoms with Gasteiger partial charge in [0.05, 0.1) is 0 Å². The number of ether oxygens (including phenoxy) is 1. The van der Waals surface area contributed by atoms with Crippen LogP contribution < -0.4 is 5.32 Å². The van der Waals surface area contributed by atoms with Crippen LogP contribution in [-0.4, -0.2) is 34.7 Å². The molecule has 240 valence electrons. The van der Waals surface area contributed by atoms with Crippen LogP contribution in [0.1, 0.15) is 74.5 Å². The van der Waals surface area contributed by atoms with Gasteiger partial charge in [-0.3, -0.25) is 10.1 Å². The molecule has 2 fully saturated rings. The van der Waals surface area contributed by atoms with E-state index in [1.165, 1.54) is 6.92 Å². The van der Waals surface area contributed by atoms with Crippen LogP contribution in [0.5, 0.6) is 0 Å². The Kier molecular flexibility index (Phi) is 7.74. The summed E-state index contributed by atoms with van der Waals surface area (Å²) >= 11 is 0. The van der Waals surface area contributed by atoms with E-state index in [1.807, 2.05) is 19.1 Å². The summed E-state index contributed by atoms with van der Waals surface area (Å²) in [6.07, 6.45) is -3.67. The fourth-order valence-electron chi connectivity index (χ4n) is 8.50. The number of halogens is 5. The topological polar surface area (TPSA) is 75.6 Å². The minimum Gasteiger partial charge on any atom is -0.444 e. The predicted octanol–water partition coefficient (Wildman–Crippen LogP) is 8.57. The number of hydrogen-bond donors (Lipinski definition) is 2. The largest absolute Gasteiger partial charge is 0.456 e. The van der Waals surface area contributed by atoms with Crippen LogP contribution in [0.3, 0.4) is 0 Å². The van der Waals surface area contributed by atoms with E-state index in [-0.39, 0.29) is 31.1 Å². The second kappa shape index (κ2) is 11.1. The van der Waals surface area contributed by atoms with Crippen LogP contribution in [0.4, 0.5) is 32.4 Å². The van der Waals surface area contributed by atoms with Crippen LogP contribution in [0.25, 0.3) is 0 Å². The molecule has 6 rings (SSSR count). The smallest absolute Gasteiger partial charge is 0.444 e. The highest BCUT2D eigenvalue weighted by molar-refractivity contribution is 5.93. The zero-order valence-corrected chi connectivity index (χ0v) is 25.1. The van der Waals surface area contributed by atoms with E-state index >= 15 is 8.78 Å². The molecular formula is C35H36F5NO4. The molecule has 45 heavy (non-hydrogen) atoms. The van der Waals surface area contributed by atoms with Crippen molar-refractivity contribution in [3.63, 3.8) is 0 Å². The molecule has 0 spiro atoms. The first-order chi connectivity index (χ1) is 21.1. The molecule has 4 aliphatic rings. The van der Waals surface area contributed by atoms with Crippen molar-refractivity contribution in [1.29, 1.82) is 0 Å². The molecule has 0 aliphatic heterocycles. The highest BCUT2D eigenvalue weighted by atomic mass is 19.4. The van der Waals surface area contributed by atoms with Crippen molar-refractivity contribution >= 4 is 17.6 Å². The summed E-state index contributed by atoms with van der Waals surface area (Å²) in [4.78, 5) is 24.6. The van der Waals surface area contributed by atoms with Crippen molar-refractivity contribution in [3.8, 4) is 0 Å². The number of alkyl halides is 5. The molecule has 10 heteroatoms. The molecule has 5 nitrogen and oxygen atoms in total. The van der Waals surface area contributed by atoms with Gasteiger partial charge in [0.1, 0.15) is 12.2 Å². The number of rotatable bonds is 5. The molecule has 0 radical (unpaired) electrons. The van der Waals surface area contributed by atoms with Gasteiger partial charge in [-0.2, -0.15) is 22.0 Å². The molecule has 2 saturated carbocycles. The summed E-state index contributed by atoms with van der Waals surface area (Å²) in [5.74, 6) is -6.64. The molecule has 1 amide bonds. The number of aliphatic hydroxyl groups is 1. The molecule has 2 aromatic rings. The molecule has 0 heterocycles. The van der Waals surface area contributed by atoms with Gasteiger partial charge in [0.2, 0.25) is 0 Å². The number of carbonyl (C=O) groups is 2. The van der Waals surface area contributed by atoms with Crippen molar-refractivity contribution in [2.75, 3.05) is 5.32 Å². The Morgan fingerprint density at radius 1 is 1.00 bits per heavy atom. The number of ketones is 1. The number of fused-ring (bicyclic) bond motifs is 4. The summed E-state index contributed by atoms with van der Waals surface area (Å²) in [6.45, 7) is 3.30. The van der Waals surface area contributed by atoms with Gasteiger partial charge in [-0.15, -0.1) is 0 Å². The zero-order valence-electron chi connectivity index (χ0n) is 25.1. The SMILES string of the molecule is Cc1ccc(NC(=O)OCc2ccc([C@H]3C[C@@]4(C)[C@@H](CC[C@@]4(O)C(F)(F)C(F)(F)F)[C@@H]4CCC5=CC(=O)CCC5=C43)cc2)cc1. The molecule has 4 aliphatic carbocycles. The Labute approximate surface area is 258 Å². The summed E-state index contributed by atoms with van der Waals surface area (Å²) in [5.41, 5.74) is 0.981. The third-order valence-electron chi connectivity index (χ3n) is 10.8. The predicted molar refractivity (Wildman–Crippen MR) is 158 cm³/mol. The van der Waals surface area contributed by atoms with Gasteiger partial charge >= 0.3 is 18.2 Å². The van der Waals surface area contributed by atoms with E-state index in [9.17, 15) is 27.9 Å². The number of benzene rings is 2. The van der Waals surface area contributed by atoms with Gasteiger partial charge < -0.3 is 9.84 Å². The van der Waals surface area contributed by atoms with Crippen molar-refractivity contribution in [2.24, 2.45) is 17.3 Å². The first-order valence-corrected chi connectivity index (χ1v) is 15.4. The maximum Gasteiger partial charge on any atom is 0.456 e. The van der Waals surface area contributed by atoms with E-state index in [0.29, 0.717) is 36.9 Å². The minimum atomic E-state index is -5.90. The third kappa shape index (κ3) is 5.19. The van der Waals surface area contributed by atoms with Crippen LogP contribution >= 0.6 is 0 Å². The molecule has 0 unspecified atom stereocenters. The lowest BCUT2D eigenvalue weighted by Gasteiger charge is -2.56. The van der Waals surface area contributed by atoms with Crippen LogP contribution in [0.2, 0.25) is 0 Å². The third-order valence-corrected chi connectivity index (χ3v) is 10.8. The van der Waals surface area contributed by atoms with E-state index in [1.54, 1.807) is 42.5 Å². The van der Waals surface area contributed by atoms with E-state index in [4.69, 9.17) is 4.74 Å². The maximum atomic E-state index is 15.2. The highest BCUT2D eigenvalue weighted by Gasteiger charge is 2.79. The van der Waals surface area contributed by atoms with E-state index < -0.39 is 47.5 Å². The molecule has 2 aromatic carbocycles. The minimum absolute atomic E-state index is 0.0285. The van der Waals surface area contributed by atoms with Crippen molar-refractivity contribution in [1.82, 2.24) is 0 Å². The number of nitrogens with one attached hydrogen (secondary N) is 1. The Hall–Kier alpha value is -3.53. The Morgan fingerprint density at radius 3 is 2.36 bits per heavy atom. The van der Waals surface area contributed by atoms with E-state index in [0.717, 1.165) is 27.8 Å². The fourth-order valence-corrected chi connectivity index (χ4v) is 8.50. The Bertz CT molecular complexity index is 1560. The van der Waals surface area contributed by atoms with E-state index in [2.05, 4.69) is 5.32 Å². The molecule has 0 aromatic heterocycles. The summed E-state index contributed by atoms with van der Waals surface area (Å²) < 4.78 is 77.1. The first-order valence-electron chi connectivity index (χ1n) is 15.4. The standard InChI is InChI=1S/C35H36F5NO4/c1-20-3-10-24(11-4-20)41-31(43)45-19-21-5-7-22(8-6-21)28-18-32(2)29(15-16-33(32,44)34(36,37)35(38,39)40)27-13-9-23-17-25(42)12-14-26(23)30(27)28/h3-8,10-11,17,27-29,44H,9,12-16,18-19H2,1-2H3,(H,41,43)/t27-,28+,29-,32-,33-/m0/s1. The lowest BCUT2D eigenvalue weighted by atomic mass is 9.50. The number of aryl methyl sites for hydroxylation is 1. The molecular weight excluding hydrogens is 593 g/mol. The first kappa shape index (κ1) is 31.5. The van der Waals surface area contributed by atoms with Gasteiger partial charge in [0.15, 0.2) is 5.78 Å². The van der Waals surface area contributed by atoms with Crippen molar-refractivity contribution < 1.29 is 41.4 Å². The summed E-state index contributed by atoms with van der Waals surface area (Å²) in [6, 6.07) is 14.3. The second-order valence-corrected chi connectivity index (χ2v) is 13.3. The number of hydrogen-bond acceptors (Lipinski definition) is 4. The molecule has 5 atom stereocenters. The number of allylic oxidation sites excluding steroid dienone is 4. The van der Waals surface area contributed by atoms with Crippen LogP contribution in [0, 0.1) is 24.2 Å². The average Bonchev–Trinajstić information content (AvgIpc) is 3.27. The van der Waals surface area contributed by atoms with Crippen LogP contribution in [0.15, 0.2) is 71.3 Å². The lowest BCUT2D eigenvalue weighted by Crippen LogP contribution is -2.65. The quantitative estimate of drug-likeness (QED) is 0.325. The summed E-state index contributed by atoms with van der Waals surface area (Å²) in [7, 11) is 0. The molecule has 0 saturated heterocycles. The summed E-state index contributed by atoms with van der Waals surface area (Å²) in [5, 5.41) is 14.1. The lowest BCUT2D eigenvalue weighted by molar-refractivity contribution is -0.362. The van der Waals surface area contributed by atoms with Gasteiger partial charge in [-0.1, -0.05) is 54.5 Å². The van der Waals surface area contributed by atoms with Crippen molar-refractivity contribution in [3.05, 3.63) is 88.0 Å². The van der Waals surface area contributed by atoms with Gasteiger partial charge in [-0.25, -0.2) is 4.79 Å². The molecule has 2 N–H and O–H groups in total. The highest BCUT2D eigenvalue weighted by Crippen LogP contribution is 2.70. The molecule has 0 bridgehead atoms. The van der Waals surface area contributed by atoms with Gasteiger partial charge in [0, 0.05) is 23.4 Å². The van der Waals surface area contributed by atoms with Gasteiger partial charge in [0.25, 0.3) is 0 Å². The fraction of sp³-hybridized carbons (Fsp3) is 0.486. The number of anilines is 1. The number of amides is 1. The maximum absolute atomic E-state index is 15.2. The monoisotopic (exact) mass is 629 g/mol. The average molecular weight is 630 g/mol. The van der Waals surface area contributed by atoms with Crippen molar-refractivity contribution in [2.45, 2.75) is 89.0 Å². The normalized spacial score (nSPS) is 29.8.